The maximum Gasteiger partial charge on any atom is 0.328 e. The van der Waals surface area contributed by atoms with Gasteiger partial charge in [0, 0.05) is 4.90 Å². The van der Waals surface area contributed by atoms with Crippen molar-refractivity contribution >= 4 is 29.6 Å². The van der Waals surface area contributed by atoms with Crippen molar-refractivity contribution in [3.05, 3.63) is 29.8 Å². The van der Waals surface area contributed by atoms with Crippen LogP contribution < -0.4 is 5.32 Å². The first kappa shape index (κ1) is 19.3. The van der Waals surface area contributed by atoms with E-state index in [2.05, 4.69) is 5.32 Å². The molecule has 0 saturated carbocycles. The molecular weight excluding hydrogens is 342 g/mol. The lowest BCUT2D eigenvalue weighted by Crippen LogP contribution is -2.44. The summed E-state index contributed by atoms with van der Waals surface area (Å²) in [6.07, 6.45) is 1.06. The Morgan fingerprint density at radius 2 is 2.00 bits per heavy atom. The molecule has 1 aliphatic rings. The van der Waals surface area contributed by atoms with Gasteiger partial charge in [0.1, 0.15) is 11.3 Å². The summed E-state index contributed by atoms with van der Waals surface area (Å²) in [6, 6.07) is 7.07. The number of fused-ring (bicyclic) bond motifs is 1. The van der Waals surface area contributed by atoms with Gasteiger partial charge in [0.05, 0.1) is 7.11 Å². The van der Waals surface area contributed by atoms with Crippen LogP contribution in [0.25, 0.3) is 0 Å². The molecular formula is C18H23NO5S. The van der Waals surface area contributed by atoms with Crippen LogP contribution in [0.4, 0.5) is 0 Å². The molecule has 25 heavy (non-hydrogen) atoms. The van der Waals surface area contributed by atoms with Crippen molar-refractivity contribution in [1.82, 2.24) is 5.32 Å². The van der Waals surface area contributed by atoms with Crippen molar-refractivity contribution in [3.8, 4) is 0 Å². The first-order valence-corrected chi connectivity index (χ1v) is 9.07. The highest BCUT2D eigenvalue weighted by Gasteiger charge is 2.30. The molecule has 2 rings (SSSR count). The van der Waals surface area contributed by atoms with E-state index in [0.29, 0.717) is 12.8 Å². The Balaban J connectivity index is 1.81. The Labute approximate surface area is 151 Å². The highest BCUT2D eigenvalue weighted by atomic mass is 32.2. The summed E-state index contributed by atoms with van der Waals surface area (Å²) < 4.78 is 9.81. The summed E-state index contributed by atoms with van der Waals surface area (Å²) in [5.74, 6) is -1.23. The zero-order valence-electron chi connectivity index (χ0n) is 14.6. The van der Waals surface area contributed by atoms with Gasteiger partial charge >= 0.3 is 11.9 Å². The van der Waals surface area contributed by atoms with Crippen molar-refractivity contribution in [2.45, 2.75) is 42.9 Å². The molecule has 0 saturated heterocycles. The molecule has 0 bridgehead atoms. The van der Waals surface area contributed by atoms with Crippen LogP contribution in [0.5, 0.6) is 0 Å². The zero-order valence-corrected chi connectivity index (χ0v) is 15.4. The van der Waals surface area contributed by atoms with Gasteiger partial charge in [0.2, 0.25) is 0 Å². The third-order valence-corrected chi connectivity index (χ3v) is 5.08. The highest BCUT2D eigenvalue weighted by Crippen LogP contribution is 2.37. The number of thioether (sulfide) groups is 1. The SMILES string of the molecule is COC(=O)C(CC(C)C)NC(=O)COC(=O)C1Cc2ccccc2S1. The van der Waals surface area contributed by atoms with Gasteiger partial charge in [-0.05, 0) is 30.4 Å². The molecule has 136 valence electrons. The van der Waals surface area contributed by atoms with E-state index >= 15 is 0 Å². The number of esters is 2. The van der Waals surface area contributed by atoms with Crippen LogP contribution in [0.3, 0.4) is 0 Å². The van der Waals surface area contributed by atoms with Crippen LogP contribution in [0.2, 0.25) is 0 Å². The fourth-order valence-corrected chi connectivity index (χ4v) is 3.80. The van der Waals surface area contributed by atoms with Gasteiger partial charge in [0.15, 0.2) is 6.61 Å². The molecule has 0 aromatic heterocycles. The Kier molecular flexibility index (Phi) is 6.87. The van der Waals surface area contributed by atoms with Gasteiger partial charge in [-0.15, -0.1) is 11.8 Å². The topological polar surface area (TPSA) is 81.7 Å². The Hall–Kier alpha value is -2.02. The summed E-state index contributed by atoms with van der Waals surface area (Å²) in [6.45, 7) is 3.48. The van der Waals surface area contributed by atoms with Gasteiger partial charge in [-0.3, -0.25) is 9.59 Å². The standard InChI is InChI=1S/C18H23NO5S/c1-11(2)8-13(17(21)23-3)19-16(20)10-24-18(22)15-9-12-6-4-5-7-14(12)25-15/h4-7,11,13,15H,8-10H2,1-3H3,(H,19,20). The first-order valence-electron chi connectivity index (χ1n) is 8.19. The van der Waals surface area contributed by atoms with E-state index in [4.69, 9.17) is 9.47 Å². The number of hydrogen-bond acceptors (Lipinski definition) is 6. The second-order valence-electron chi connectivity index (χ2n) is 6.30. The lowest BCUT2D eigenvalue weighted by atomic mass is 10.0. The lowest BCUT2D eigenvalue weighted by Gasteiger charge is -2.18. The van der Waals surface area contributed by atoms with Crippen LogP contribution in [0, 0.1) is 5.92 Å². The van der Waals surface area contributed by atoms with E-state index in [1.165, 1.54) is 18.9 Å². The average molecular weight is 365 g/mol. The quantitative estimate of drug-likeness (QED) is 0.744. The zero-order chi connectivity index (χ0) is 18.4. The molecule has 1 N–H and O–H groups in total. The summed E-state index contributed by atoms with van der Waals surface area (Å²) in [4.78, 5) is 36.9. The number of amides is 1. The maximum atomic E-state index is 12.2. The number of hydrogen-bond donors (Lipinski definition) is 1. The summed E-state index contributed by atoms with van der Waals surface area (Å²) in [5.41, 5.74) is 1.11. The molecule has 6 nitrogen and oxygen atoms in total. The number of carbonyl (C=O) groups excluding carboxylic acids is 3. The molecule has 1 heterocycles. The predicted molar refractivity (Wildman–Crippen MR) is 94.2 cm³/mol. The molecule has 0 radical (unpaired) electrons. The molecule has 2 atom stereocenters. The predicted octanol–water partition coefficient (Wildman–Crippen LogP) is 1.95. The number of methoxy groups -OCH3 is 1. The Morgan fingerprint density at radius 3 is 2.64 bits per heavy atom. The maximum absolute atomic E-state index is 12.2. The van der Waals surface area contributed by atoms with Crippen LogP contribution >= 0.6 is 11.8 Å². The second-order valence-corrected chi connectivity index (χ2v) is 7.54. The van der Waals surface area contributed by atoms with E-state index in [0.717, 1.165) is 10.5 Å². The minimum atomic E-state index is -0.735. The van der Waals surface area contributed by atoms with Gasteiger partial charge in [-0.1, -0.05) is 32.0 Å². The molecule has 1 aromatic rings. The molecule has 2 unspecified atom stereocenters. The van der Waals surface area contributed by atoms with E-state index in [-0.39, 0.29) is 11.2 Å². The first-order chi connectivity index (χ1) is 11.9. The summed E-state index contributed by atoms with van der Waals surface area (Å²) in [7, 11) is 1.27. The van der Waals surface area contributed by atoms with Gasteiger partial charge < -0.3 is 14.8 Å². The van der Waals surface area contributed by atoms with E-state index in [1.807, 2.05) is 38.1 Å². The van der Waals surface area contributed by atoms with Crippen molar-refractivity contribution in [1.29, 1.82) is 0 Å². The Bertz CT molecular complexity index is 621. The van der Waals surface area contributed by atoms with Gasteiger partial charge in [0.25, 0.3) is 5.91 Å². The largest absolute Gasteiger partial charge is 0.467 e. The lowest BCUT2D eigenvalue weighted by molar-refractivity contribution is -0.150. The fourth-order valence-electron chi connectivity index (χ4n) is 2.61. The minimum absolute atomic E-state index is 0.209. The van der Waals surface area contributed by atoms with Crippen LogP contribution in [-0.2, 0) is 30.3 Å². The van der Waals surface area contributed by atoms with Crippen molar-refractivity contribution in [3.63, 3.8) is 0 Å². The van der Waals surface area contributed by atoms with Crippen LogP contribution in [0.1, 0.15) is 25.8 Å². The highest BCUT2D eigenvalue weighted by molar-refractivity contribution is 8.01. The monoisotopic (exact) mass is 365 g/mol. The molecule has 0 spiro atoms. The molecule has 1 aliphatic heterocycles. The third-order valence-electron chi connectivity index (χ3n) is 3.78. The molecule has 1 amide bonds. The Morgan fingerprint density at radius 1 is 1.28 bits per heavy atom. The molecule has 1 aromatic carbocycles. The van der Waals surface area contributed by atoms with E-state index in [1.54, 1.807) is 0 Å². The number of benzene rings is 1. The van der Waals surface area contributed by atoms with Gasteiger partial charge in [-0.2, -0.15) is 0 Å². The van der Waals surface area contributed by atoms with Crippen LogP contribution in [-0.4, -0.2) is 42.9 Å². The van der Waals surface area contributed by atoms with Gasteiger partial charge in [-0.25, -0.2) is 4.79 Å². The van der Waals surface area contributed by atoms with E-state index < -0.39 is 30.5 Å². The smallest absolute Gasteiger partial charge is 0.328 e. The third kappa shape index (κ3) is 5.49. The van der Waals surface area contributed by atoms with Crippen molar-refractivity contribution in [2.24, 2.45) is 5.92 Å². The summed E-state index contributed by atoms with van der Waals surface area (Å²) in [5, 5.41) is 2.23. The average Bonchev–Trinajstić information content (AvgIpc) is 3.02. The molecule has 0 aliphatic carbocycles. The van der Waals surface area contributed by atoms with Crippen LogP contribution in [0.15, 0.2) is 29.2 Å². The molecule has 7 heteroatoms. The van der Waals surface area contributed by atoms with E-state index in [9.17, 15) is 14.4 Å². The van der Waals surface area contributed by atoms with Crippen molar-refractivity contribution in [2.75, 3.05) is 13.7 Å². The summed E-state index contributed by atoms with van der Waals surface area (Å²) >= 11 is 1.45. The number of nitrogens with one attached hydrogen (secondary N) is 1. The minimum Gasteiger partial charge on any atom is -0.467 e. The normalized spacial score (nSPS) is 16.9. The number of carbonyl (C=O) groups is 3. The fraction of sp³-hybridized carbons (Fsp3) is 0.500. The number of ether oxygens (including phenoxy) is 2. The second kappa shape index (κ2) is 8.89. The molecule has 0 fully saturated rings. The number of rotatable bonds is 7. The van der Waals surface area contributed by atoms with Crippen molar-refractivity contribution < 1.29 is 23.9 Å².